The highest BCUT2D eigenvalue weighted by Gasteiger charge is 2.23. The summed E-state index contributed by atoms with van der Waals surface area (Å²) >= 11 is 0. The van der Waals surface area contributed by atoms with Gasteiger partial charge in [-0.25, -0.2) is 0 Å². The smallest absolute Gasteiger partial charge is 0.241 e. The van der Waals surface area contributed by atoms with Crippen molar-refractivity contribution in [1.29, 1.82) is 0 Å². The highest BCUT2D eigenvalue weighted by molar-refractivity contribution is 5.97. The SMILES string of the molecule is CCN(CC(=O)Nc1ccc(OC)cc1)C(C)C(=O)Nc1ccccc1OC. The number of amides is 2. The van der Waals surface area contributed by atoms with Gasteiger partial charge in [0.1, 0.15) is 11.5 Å². The Morgan fingerprint density at radius 1 is 1.00 bits per heavy atom. The maximum atomic E-state index is 12.6. The number of hydrogen-bond donors (Lipinski definition) is 2. The van der Waals surface area contributed by atoms with E-state index in [0.717, 1.165) is 5.75 Å². The molecule has 2 N–H and O–H groups in total. The number of nitrogens with one attached hydrogen (secondary N) is 2. The van der Waals surface area contributed by atoms with Gasteiger partial charge >= 0.3 is 0 Å². The van der Waals surface area contributed by atoms with Gasteiger partial charge in [0, 0.05) is 5.69 Å². The summed E-state index contributed by atoms with van der Waals surface area (Å²) in [6.07, 6.45) is 0. The van der Waals surface area contributed by atoms with Gasteiger partial charge in [-0.15, -0.1) is 0 Å². The average molecular weight is 385 g/mol. The molecule has 0 heterocycles. The van der Waals surface area contributed by atoms with Crippen LogP contribution >= 0.6 is 0 Å². The standard InChI is InChI=1S/C21H27N3O4/c1-5-24(14-20(25)22-16-10-12-17(27-3)13-11-16)15(2)21(26)23-18-8-6-7-9-19(18)28-4/h6-13,15H,5,14H2,1-4H3,(H,22,25)(H,23,26). The first-order valence-electron chi connectivity index (χ1n) is 9.10. The van der Waals surface area contributed by atoms with Gasteiger partial charge < -0.3 is 20.1 Å². The van der Waals surface area contributed by atoms with Crippen molar-refractivity contribution in [2.45, 2.75) is 19.9 Å². The number of ether oxygens (including phenoxy) is 2. The lowest BCUT2D eigenvalue weighted by atomic mass is 10.2. The maximum Gasteiger partial charge on any atom is 0.241 e. The molecule has 0 radical (unpaired) electrons. The molecule has 1 atom stereocenters. The molecule has 2 rings (SSSR count). The van der Waals surface area contributed by atoms with E-state index in [9.17, 15) is 9.59 Å². The second-order valence-electron chi connectivity index (χ2n) is 6.21. The molecule has 7 heteroatoms. The van der Waals surface area contributed by atoms with Crippen molar-refractivity contribution in [3.05, 3.63) is 48.5 Å². The molecule has 7 nitrogen and oxygen atoms in total. The summed E-state index contributed by atoms with van der Waals surface area (Å²) in [5.41, 5.74) is 1.27. The molecule has 0 spiro atoms. The maximum absolute atomic E-state index is 12.6. The van der Waals surface area contributed by atoms with Gasteiger partial charge in [0.2, 0.25) is 11.8 Å². The number of likely N-dealkylation sites (N-methyl/N-ethyl adjacent to an activating group) is 1. The van der Waals surface area contributed by atoms with Crippen LogP contribution < -0.4 is 20.1 Å². The average Bonchev–Trinajstić information content (AvgIpc) is 2.72. The molecule has 0 saturated carbocycles. The fraction of sp³-hybridized carbons (Fsp3) is 0.333. The van der Waals surface area contributed by atoms with E-state index in [4.69, 9.17) is 9.47 Å². The predicted octanol–water partition coefficient (Wildman–Crippen LogP) is 2.99. The number of anilines is 2. The Morgan fingerprint density at radius 2 is 1.68 bits per heavy atom. The summed E-state index contributed by atoms with van der Waals surface area (Å²) in [7, 11) is 3.14. The highest BCUT2D eigenvalue weighted by Crippen LogP contribution is 2.23. The summed E-state index contributed by atoms with van der Waals surface area (Å²) in [6, 6.07) is 13.8. The van der Waals surface area contributed by atoms with Crippen LogP contribution in [0, 0.1) is 0 Å². The molecular weight excluding hydrogens is 358 g/mol. The van der Waals surface area contributed by atoms with Crippen molar-refractivity contribution in [2.75, 3.05) is 37.9 Å². The molecule has 0 aliphatic rings. The Kier molecular flexibility index (Phi) is 7.83. The van der Waals surface area contributed by atoms with E-state index in [-0.39, 0.29) is 18.4 Å². The van der Waals surface area contributed by atoms with Crippen molar-refractivity contribution in [1.82, 2.24) is 4.90 Å². The van der Waals surface area contributed by atoms with E-state index < -0.39 is 6.04 Å². The summed E-state index contributed by atoms with van der Waals surface area (Å²) in [5, 5.41) is 5.69. The Bertz CT molecular complexity index is 792. The van der Waals surface area contributed by atoms with Crippen LogP contribution in [-0.2, 0) is 9.59 Å². The van der Waals surface area contributed by atoms with E-state index in [1.54, 1.807) is 62.4 Å². The molecule has 0 fully saturated rings. The first kappa shape index (κ1) is 21.2. The van der Waals surface area contributed by atoms with Gasteiger partial charge in [-0.1, -0.05) is 19.1 Å². The number of rotatable bonds is 9. The van der Waals surface area contributed by atoms with Gasteiger partial charge in [0.05, 0.1) is 32.5 Å². The molecule has 1 unspecified atom stereocenters. The molecule has 28 heavy (non-hydrogen) atoms. The Morgan fingerprint density at radius 3 is 2.29 bits per heavy atom. The largest absolute Gasteiger partial charge is 0.497 e. The number of carbonyl (C=O) groups is 2. The molecule has 150 valence electrons. The van der Waals surface area contributed by atoms with Crippen LogP contribution in [0.25, 0.3) is 0 Å². The molecule has 2 aromatic carbocycles. The number of nitrogens with zero attached hydrogens (tertiary/aromatic N) is 1. The number of methoxy groups -OCH3 is 2. The van der Waals surface area contributed by atoms with Gasteiger partial charge in [0.25, 0.3) is 0 Å². The van der Waals surface area contributed by atoms with Crippen molar-refractivity contribution < 1.29 is 19.1 Å². The first-order chi connectivity index (χ1) is 13.5. The normalized spacial score (nSPS) is 11.6. The number of carbonyl (C=O) groups excluding carboxylic acids is 2. The first-order valence-corrected chi connectivity index (χ1v) is 9.10. The van der Waals surface area contributed by atoms with Gasteiger partial charge in [-0.05, 0) is 49.9 Å². The van der Waals surface area contributed by atoms with Crippen LogP contribution in [0.5, 0.6) is 11.5 Å². The minimum Gasteiger partial charge on any atom is -0.497 e. The van der Waals surface area contributed by atoms with Crippen LogP contribution in [0.4, 0.5) is 11.4 Å². The van der Waals surface area contributed by atoms with Crippen LogP contribution in [-0.4, -0.2) is 50.1 Å². The molecule has 0 bridgehead atoms. The molecule has 2 amide bonds. The van der Waals surface area contributed by atoms with Crippen molar-refractivity contribution in [3.8, 4) is 11.5 Å². The second kappa shape index (κ2) is 10.3. The lowest BCUT2D eigenvalue weighted by molar-refractivity contribution is -0.123. The Hall–Kier alpha value is -3.06. The third-order valence-corrected chi connectivity index (χ3v) is 4.42. The quantitative estimate of drug-likeness (QED) is 0.694. The third kappa shape index (κ3) is 5.72. The van der Waals surface area contributed by atoms with Crippen molar-refractivity contribution in [2.24, 2.45) is 0 Å². The predicted molar refractivity (Wildman–Crippen MR) is 110 cm³/mol. The van der Waals surface area contributed by atoms with E-state index in [1.165, 1.54) is 0 Å². The molecule has 0 aromatic heterocycles. The van der Waals surface area contributed by atoms with Crippen LogP contribution in [0.3, 0.4) is 0 Å². The van der Waals surface area contributed by atoms with Crippen LogP contribution in [0.2, 0.25) is 0 Å². The Labute approximate surface area is 165 Å². The third-order valence-electron chi connectivity index (χ3n) is 4.42. The lowest BCUT2D eigenvalue weighted by Gasteiger charge is -2.26. The lowest BCUT2D eigenvalue weighted by Crippen LogP contribution is -2.45. The fourth-order valence-corrected chi connectivity index (χ4v) is 2.73. The van der Waals surface area contributed by atoms with Crippen LogP contribution in [0.1, 0.15) is 13.8 Å². The zero-order valence-corrected chi connectivity index (χ0v) is 16.7. The van der Waals surface area contributed by atoms with Gasteiger partial charge in [-0.2, -0.15) is 0 Å². The molecule has 0 saturated heterocycles. The summed E-state index contributed by atoms with van der Waals surface area (Å²) in [4.78, 5) is 26.8. The van der Waals surface area contributed by atoms with E-state index in [1.807, 2.05) is 19.1 Å². The van der Waals surface area contributed by atoms with Gasteiger partial charge in [0.15, 0.2) is 0 Å². The molecule has 2 aromatic rings. The number of benzene rings is 2. The number of para-hydroxylation sites is 2. The Balaban J connectivity index is 1.96. The second-order valence-corrected chi connectivity index (χ2v) is 6.21. The zero-order chi connectivity index (χ0) is 20.5. The minimum atomic E-state index is -0.489. The fourth-order valence-electron chi connectivity index (χ4n) is 2.73. The van der Waals surface area contributed by atoms with Crippen molar-refractivity contribution in [3.63, 3.8) is 0 Å². The minimum absolute atomic E-state index is 0.100. The number of hydrogen-bond acceptors (Lipinski definition) is 5. The van der Waals surface area contributed by atoms with Gasteiger partial charge in [-0.3, -0.25) is 14.5 Å². The molecular formula is C21H27N3O4. The molecule has 0 aliphatic heterocycles. The summed E-state index contributed by atoms with van der Waals surface area (Å²) < 4.78 is 10.4. The monoisotopic (exact) mass is 385 g/mol. The van der Waals surface area contributed by atoms with Crippen LogP contribution in [0.15, 0.2) is 48.5 Å². The summed E-state index contributed by atoms with van der Waals surface area (Å²) in [5.74, 6) is 0.908. The van der Waals surface area contributed by atoms with E-state index in [2.05, 4.69) is 10.6 Å². The van der Waals surface area contributed by atoms with E-state index >= 15 is 0 Å². The molecule has 0 aliphatic carbocycles. The summed E-state index contributed by atoms with van der Waals surface area (Å²) in [6.45, 7) is 4.34. The topological polar surface area (TPSA) is 79.9 Å². The van der Waals surface area contributed by atoms with E-state index in [0.29, 0.717) is 23.7 Å². The van der Waals surface area contributed by atoms with Crippen molar-refractivity contribution >= 4 is 23.2 Å². The highest BCUT2D eigenvalue weighted by atomic mass is 16.5. The zero-order valence-electron chi connectivity index (χ0n) is 16.7.